The number of hydrogen-bond donors (Lipinski definition) is 2. The van der Waals surface area contributed by atoms with Crippen LogP contribution in [-0.2, 0) is 0 Å². The van der Waals surface area contributed by atoms with Crippen molar-refractivity contribution < 1.29 is 14.3 Å². The zero-order valence-electron chi connectivity index (χ0n) is 10.3. The van der Waals surface area contributed by atoms with Crippen molar-refractivity contribution in [1.29, 1.82) is 0 Å². The highest BCUT2D eigenvalue weighted by molar-refractivity contribution is 9.10. The number of anilines is 1. The van der Waals surface area contributed by atoms with Gasteiger partial charge in [0.25, 0.3) is 0 Å². The zero-order valence-corrected chi connectivity index (χ0v) is 11.9. The fraction of sp³-hybridized carbons (Fsp3) is 0.417. The van der Waals surface area contributed by atoms with E-state index in [9.17, 15) is 9.18 Å². The maximum Gasteiger partial charge on any atom is 0.321 e. The van der Waals surface area contributed by atoms with Crippen molar-refractivity contribution in [2.24, 2.45) is 0 Å². The number of carbonyl (C=O) groups is 1. The van der Waals surface area contributed by atoms with Gasteiger partial charge in [-0.3, -0.25) is 0 Å². The summed E-state index contributed by atoms with van der Waals surface area (Å²) in [4.78, 5) is 13.2. The minimum absolute atomic E-state index is 0.340. The molecular weight excluding hydrogens is 303 g/mol. The minimum Gasteiger partial charge on any atom is -0.393 e. The van der Waals surface area contributed by atoms with Gasteiger partial charge >= 0.3 is 6.03 Å². The molecule has 0 unspecified atom stereocenters. The van der Waals surface area contributed by atoms with Crippen LogP contribution in [0.3, 0.4) is 0 Å². The maximum atomic E-state index is 13.1. The van der Waals surface area contributed by atoms with E-state index < -0.39 is 11.9 Å². The molecule has 0 saturated carbocycles. The highest BCUT2D eigenvalue weighted by Gasteiger charge is 2.10. The van der Waals surface area contributed by atoms with E-state index in [4.69, 9.17) is 5.11 Å². The molecule has 0 aliphatic rings. The average molecular weight is 319 g/mol. The molecule has 6 heteroatoms. The molecule has 0 spiro atoms. The molecule has 0 bridgehead atoms. The number of carbonyl (C=O) groups excluding carboxylic acids is 1. The van der Waals surface area contributed by atoms with Crippen LogP contribution in [0.2, 0.25) is 0 Å². The number of nitrogens with zero attached hydrogens (tertiary/aromatic N) is 1. The lowest BCUT2D eigenvalue weighted by atomic mass is 10.3. The lowest BCUT2D eigenvalue weighted by Gasteiger charge is -2.18. The second-order valence-corrected chi connectivity index (χ2v) is 5.06. The van der Waals surface area contributed by atoms with E-state index in [1.54, 1.807) is 20.0 Å². The summed E-state index contributed by atoms with van der Waals surface area (Å²) in [5.74, 6) is -0.425. The van der Waals surface area contributed by atoms with Crippen LogP contribution >= 0.6 is 15.9 Å². The summed E-state index contributed by atoms with van der Waals surface area (Å²) >= 11 is 3.15. The van der Waals surface area contributed by atoms with Crippen LogP contribution < -0.4 is 5.32 Å². The largest absolute Gasteiger partial charge is 0.393 e. The smallest absolute Gasteiger partial charge is 0.321 e. The van der Waals surface area contributed by atoms with Gasteiger partial charge in [0.15, 0.2) is 0 Å². The van der Waals surface area contributed by atoms with E-state index in [0.29, 0.717) is 23.1 Å². The monoisotopic (exact) mass is 318 g/mol. The molecule has 100 valence electrons. The molecule has 0 heterocycles. The summed E-state index contributed by atoms with van der Waals surface area (Å²) in [7, 11) is 1.62. The number of nitrogens with one attached hydrogen (secondary N) is 1. The van der Waals surface area contributed by atoms with E-state index >= 15 is 0 Å². The molecule has 0 aliphatic carbocycles. The summed E-state index contributed by atoms with van der Waals surface area (Å²) in [6, 6.07) is 3.83. The Morgan fingerprint density at radius 2 is 2.22 bits per heavy atom. The quantitative estimate of drug-likeness (QED) is 0.897. The topological polar surface area (TPSA) is 52.6 Å². The SMILES string of the molecule is C[C@@H](O)CCN(C)C(=O)Nc1cc(F)cc(Br)c1. The van der Waals surface area contributed by atoms with Crippen molar-refractivity contribution in [2.45, 2.75) is 19.4 Å². The van der Waals surface area contributed by atoms with Crippen LogP contribution in [0.1, 0.15) is 13.3 Å². The molecule has 2 N–H and O–H groups in total. The number of benzene rings is 1. The Bertz CT molecular complexity index is 406. The summed E-state index contributed by atoms with van der Waals surface area (Å²) in [5.41, 5.74) is 0.385. The first-order chi connectivity index (χ1) is 8.38. The second kappa shape index (κ2) is 6.70. The fourth-order valence-electron chi connectivity index (χ4n) is 1.33. The van der Waals surface area contributed by atoms with E-state index in [0.717, 1.165) is 0 Å². The number of amides is 2. The molecule has 18 heavy (non-hydrogen) atoms. The van der Waals surface area contributed by atoms with Crippen molar-refractivity contribution in [3.05, 3.63) is 28.5 Å². The molecule has 0 aromatic heterocycles. The summed E-state index contributed by atoms with van der Waals surface area (Å²) < 4.78 is 13.7. The molecule has 0 radical (unpaired) electrons. The molecular formula is C12H16BrFN2O2. The summed E-state index contributed by atoms with van der Waals surface area (Å²) in [6.07, 6.45) is 0.0418. The summed E-state index contributed by atoms with van der Waals surface area (Å²) in [5, 5.41) is 11.7. The molecule has 1 aromatic rings. The minimum atomic E-state index is -0.455. The van der Waals surface area contributed by atoms with Crippen LogP contribution in [0, 0.1) is 5.82 Å². The van der Waals surface area contributed by atoms with Gasteiger partial charge in [-0.05, 0) is 31.5 Å². The molecule has 1 atom stereocenters. The van der Waals surface area contributed by atoms with Crippen molar-refractivity contribution in [3.8, 4) is 0 Å². The Morgan fingerprint density at radius 1 is 1.56 bits per heavy atom. The van der Waals surface area contributed by atoms with Crippen molar-refractivity contribution in [3.63, 3.8) is 0 Å². The van der Waals surface area contributed by atoms with Gasteiger partial charge in [-0.15, -0.1) is 0 Å². The Labute approximate surface area is 114 Å². The van der Waals surface area contributed by atoms with Crippen molar-refractivity contribution in [1.82, 2.24) is 4.90 Å². The third-order valence-electron chi connectivity index (χ3n) is 2.34. The number of hydrogen-bond acceptors (Lipinski definition) is 2. The lowest BCUT2D eigenvalue weighted by Crippen LogP contribution is -2.33. The van der Waals surface area contributed by atoms with E-state index in [1.165, 1.54) is 17.0 Å². The molecule has 2 amide bonds. The van der Waals surface area contributed by atoms with Gasteiger partial charge in [0.1, 0.15) is 5.82 Å². The fourth-order valence-corrected chi connectivity index (χ4v) is 1.79. The van der Waals surface area contributed by atoms with Crippen LogP contribution in [-0.4, -0.2) is 35.7 Å². The number of aliphatic hydroxyl groups is 1. The highest BCUT2D eigenvalue weighted by atomic mass is 79.9. The molecule has 4 nitrogen and oxygen atoms in total. The normalized spacial score (nSPS) is 12.1. The van der Waals surface area contributed by atoms with Gasteiger partial charge in [-0.1, -0.05) is 15.9 Å². The molecule has 0 saturated heterocycles. The summed E-state index contributed by atoms with van der Waals surface area (Å²) in [6.45, 7) is 2.09. The van der Waals surface area contributed by atoms with E-state index in [2.05, 4.69) is 21.2 Å². The van der Waals surface area contributed by atoms with Crippen LogP contribution in [0.15, 0.2) is 22.7 Å². The highest BCUT2D eigenvalue weighted by Crippen LogP contribution is 2.18. The van der Waals surface area contributed by atoms with Gasteiger partial charge in [0, 0.05) is 23.8 Å². The first-order valence-corrected chi connectivity index (χ1v) is 6.34. The first-order valence-electron chi connectivity index (χ1n) is 5.54. The van der Waals surface area contributed by atoms with Gasteiger partial charge in [0.2, 0.25) is 0 Å². The second-order valence-electron chi connectivity index (χ2n) is 4.15. The average Bonchev–Trinajstić information content (AvgIpc) is 2.24. The van der Waals surface area contributed by atoms with E-state index in [1.807, 2.05) is 0 Å². The lowest BCUT2D eigenvalue weighted by molar-refractivity contribution is 0.167. The predicted molar refractivity (Wildman–Crippen MR) is 72.0 cm³/mol. The number of urea groups is 1. The van der Waals surface area contributed by atoms with Gasteiger partial charge < -0.3 is 15.3 Å². The Kier molecular flexibility index (Phi) is 5.55. The third kappa shape index (κ3) is 5.01. The van der Waals surface area contributed by atoms with E-state index in [-0.39, 0.29) is 6.03 Å². The van der Waals surface area contributed by atoms with Gasteiger partial charge in [-0.25, -0.2) is 9.18 Å². The van der Waals surface area contributed by atoms with Crippen molar-refractivity contribution in [2.75, 3.05) is 18.9 Å². The Hall–Kier alpha value is -1.14. The molecule has 1 aromatic carbocycles. The maximum absolute atomic E-state index is 13.1. The molecule has 1 rings (SSSR count). The van der Waals surface area contributed by atoms with Crippen LogP contribution in [0.4, 0.5) is 14.9 Å². The molecule has 0 aliphatic heterocycles. The zero-order chi connectivity index (χ0) is 13.7. The Balaban J connectivity index is 2.58. The van der Waals surface area contributed by atoms with Crippen LogP contribution in [0.5, 0.6) is 0 Å². The van der Waals surface area contributed by atoms with Gasteiger partial charge in [0.05, 0.1) is 6.10 Å². The molecule has 0 fully saturated rings. The number of halogens is 2. The Morgan fingerprint density at radius 3 is 2.78 bits per heavy atom. The third-order valence-corrected chi connectivity index (χ3v) is 2.80. The predicted octanol–water partition coefficient (Wildman–Crippen LogP) is 2.82. The van der Waals surface area contributed by atoms with Gasteiger partial charge in [-0.2, -0.15) is 0 Å². The van der Waals surface area contributed by atoms with Crippen LogP contribution in [0.25, 0.3) is 0 Å². The van der Waals surface area contributed by atoms with Crippen molar-refractivity contribution >= 4 is 27.6 Å². The number of rotatable bonds is 4. The number of aliphatic hydroxyl groups excluding tert-OH is 1. The first kappa shape index (κ1) is 14.9. The standard InChI is InChI=1S/C12H16BrFN2O2/c1-8(17)3-4-16(2)12(18)15-11-6-9(13)5-10(14)7-11/h5-8,17H,3-4H2,1-2H3,(H,15,18)/t8-/m1/s1.